The van der Waals surface area contributed by atoms with Crippen molar-refractivity contribution in [3.63, 3.8) is 0 Å². The third-order valence-electron chi connectivity index (χ3n) is 5.45. The number of nitrogens with zero attached hydrogens (tertiary/aromatic N) is 1. The van der Waals surface area contributed by atoms with Crippen molar-refractivity contribution in [3.05, 3.63) is 70.0 Å². The van der Waals surface area contributed by atoms with Crippen molar-refractivity contribution in [1.29, 1.82) is 0 Å². The van der Waals surface area contributed by atoms with Crippen LogP contribution < -0.4 is 15.6 Å². The van der Waals surface area contributed by atoms with Crippen LogP contribution in [0.15, 0.2) is 58.8 Å². The summed E-state index contributed by atoms with van der Waals surface area (Å²) in [5.41, 5.74) is 2.45. The molecule has 1 amide bonds. The number of amides is 1. The van der Waals surface area contributed by atoms with E-state index in [0.717, 1.165) is 21.2 Å². The molecule has 1 aliphatic rings. The Morgan fingerprint density at radius 1 is 1.17 bits per heavy atom. The standard InChI is InChI=1S/C23H20N2O3S/c1-28-20-5-3-2-4-15(20)17-8-9-19-21-16(10-11-29-21)18(13-25(19)23(17)27)22(26)24-12-14-6-7-14/h2-5,8-11,13-14H,6-7,12H2,1H3,(H,24,26). The Morgan fingerprint density at radius 3 is 2.79 bits per heavy atom. The normalized spacial score (nSPS) is 13.7. The number of pyridine rings is 2. The quantitative estimate of drug-likeness (QED) is 0.539. The van der Waals surface area contributed by atoms with Gasteiger partial charge < -0.3 is 10.1 Å². The number of hydrogen-bond acceptors (Lipinski definition) is 4. The summed E-state index contributed by atoms with van der Waals surface area (Å²) < 4.78 is 7.96. The fourth-order valence-electron chi connectivity index (χ4n) is 3.69. The van der Waals surface area contributed by atoms with E-state index in [-0.39, 0.29) is 11.5 Å². The zero-order valence-electron chi connectivity index (χ0n) is 16.0. The van der Waals surface area contributed by atoms with Gasteiger partial charge in [0.1, 0.15) is 5.75 Å². The van der Waals surface area contributed by atoms with Crippen LogP contribution in [0.25, 0.3) is 26.7 Å². The Kier molecular flexibility index (Phi) is 4.36. The Balaban J connectivity index is 1.70. The molecule has 146 valence electrons. The van der Waals surface area contributed by atoms with Crippen LogP contribution in [0.3, 0.4) is 0 Å². The largest absolute Gasteiger partial charge is 0.496 e. The van der Waals surface area contributed by atoms with Crippen LogP contribution in [0.2, 0.25) is 0 Å². The highest BCUT2D eigenvalue weighted by atomic mass is 32.1. The molecule has 0 unspecified atom stereocenters. The molecule has 0 spiro atoms. The van der Waals surface area contributed by atoms with Gasteiger partial charge in [-0.3, -0.25) is 14.0 Å². The monoisotopic (exact) mass is 404 g/mol. The van der Waals surface area contributed by atoms with Crippen molar-refractivity contribution in [2.75, 3.05) is 13.7 Å². The van der Waals surface area contributed by atoms with Gasteiger partial charge in [0.2, 0.25) is 0 Å². The van der Waals surface area contributed by atoms with Crippen LogP contribution in [0.1, 0.15) is 23.2 Å². The number of aromatic nitrogens is 1. The van der Waals surface area contributed by atoms with E-state index in [4.69, 9.17) is 4.74 Å². The van der Waals surface area contributed by atoms with E-state index in [1.54, 1.807) is 17.7 Å². The molecule has 0 aliphatic heterocycles. The second kappa shape index (κ2) is 7.04. The molecule has 29 heavy (non-hydrogen) atoms. The highest BCUT2D eigenvalue weighted by molar-refractivity contribution is 7.18. The number of carbonyl (C=O) groups is 1. The fourth-order valence-corrected chi connectivity index (χ4v) is 4.62. The molecule has 5 rings (SSSR count). The van der Waals surface area contributed by atoms with E-state index in [9.17, 15) is 9.59 Å². The van der Waals surface area contributed by atoms with Gasteiger partial charge >= 0.3 is 0 Å². The van der Waals surface area contributed by atoms with Gasteiger partial charge in [-0.2, -0.15) is 0 Å². The molecule has 0 radical (unpaired) electrons. The zero-order chi connectivity index (χ0) is 20.0. The van der Waals surface area contributed by atoms with Gasteiger partial charge in [-0.05, 0) is 48.4 Å². The molecule has 0 saturated heterocycles. The lowest BCUT2D eigenvalue weighted by Crippen LogP contribution is -2.27. The summed E-state index contributed by atoms with van der Waals surface area (Å²) in [4.78, 5) is 26.3. The first-order chi connectivity index (χ1) is 14.2. The average Bonchev–Trinajstić information content (AvgIpc) is 3.45. The second-order valence-electron chi connectivity index (χ2n) is 7.37. The smallest absolute Gasteiger partial charge is 0.263 e. The maximum atomic E-state index is 13.4. The van der Waals surface area contributed by atoms with Crippen molar-refractivity contribution in [2.45, 2.75) is 12.8 Å². The number of rotatable bonds is 5. The van der Waals surface area contributed by atoms with Crippen molar-refractivity contribution < 1.29 is 9.53 Å². The second-order valence-corrected chi connectivity index (χ2v) is 8.28. The molecule has 1 aromatic carbocycles. The summed E-state index contributed by atoms with van der Waals surface area (Å²) in [6, 6.07) is 13.2. The molecule has 6 heteroatoms. The molecule has 0 atom stereocenters. The highest BCUT2D eigenvalue weighted by Gasteiger charge is 2.23. The average molecular weight is 404 g/mol. The van der Waals surface area contributed by atoms with Gasteiger partial charge in [-0.15, -0.1) is 11.3 Å². The highest BCUT2D eigenvalue weighted by Crippen LogP contribution is 2.32. The van der Waals surface area contributed by atoms with Gasteiger partial charge in [0.15, 0.2) is 0 Å². The number of methoxy groups -OCH3 is 1. The number of para-hydroxylation sites is 1. The van der Waals surface area contributed by atoms with E-state index in [2.05, 4.69) is 5.32 Å². The predicted octanol–water partition coefficient (Wildman–Crippen LogP) is 4.33. The Bertz CT molecular complexity index is 1300. The van der Waals surface area contributed by atoms with Gasteiger partial charge in [0, 0.05) is 23.7 Å². The maximum absolute atomic E-state index is 13.4. The van der Waals surface area contributed by atoms with Crippen LogP contribution in [-0.2, 0) is 0 Å². The topological polar surface area (TPSA) is 59.8 Å². The van der Waals surface area contributed by atoms with E-state index in [1.807, 2.05) is 47.8 Å². The first-order valence-corrected chi connectivity index (χ1v) is 10.5. The first-order valence-electron chi connectivity index (χ1n) is 9.64. The van der Waals surface area contributed by atoms with Gasteiger partial charge in [-0.1, -0.05) is 18.2 Å². The number of ether oxygens (including phenoxy) is 1. The number of benzene rings is 1. The molecule has 3 heterocycles. The molecule has 1 N–H and O–H groups in total. The molecular weight excluding hydrogens is 384 g/mol. The predicted molar refractivity (Wildman–Crippen MR) is 116 cm³/mol. The van der Waals surface area contributed by atoms with E-state index >= 15 is 0 Å². The van der Waals surface area contributed by atoms with Gasteiger partial charge in [0.25, 0.3) is 11.5 Å². The lowest BCUT2D eigenvalue weighted by Gasteiger charge is -2.12. The summed E-state index contributed by atoms with van der Waals surface area (Å²) >= 11 is 1.54. The Morgan fingerprint density at radius 2 is 2.00 bits per heavy atom. The maximum Gasteiger partial charge on any atom is 0.263 e. The Hall–Kier alpha value is -3.12. The molecule has 4 aromatic rings. The van der Waals surface area contributed by atoms with Gasteiger partial charge in [-0.25, -0.2) is 0 Å². The van der Waals surface area contributed by atoms with Crippen molar-refractivity contribution in [3.8, 4) is 16.9 Å². The van der Waals surface area contributed by atoms with Crippen molar-refractivity contribution in [2.24, 2.45) is 5.92 Å². The van der Waals surface area contributed by atoms with E-state index < -0.39 is 0 Å². The summed E-state index contributed by atoms with van der Waals surface area (Å²) in [6.45, 7) is 0.693. The summed E-state index contributed by atoms with van der Waals surface area (Å²) in [7, 11) is 1.59. The lowest BCUT2D eigenvalue weighted by molar-refractivity contribution is 0.0953. The SMILES string of the molecule is COc1ccccc1-c1ccc2c3sccc3c(C(=O)NCC3CC3)cn2c1=O. The minimum absolute atomic E-state index is 0.128. The minimum Gasteiger partial charge on any atom is -0.496 e. The number of nitrogens with one attached hydrogen (secondary N) is 1. The summed E-state index contributed by atoms with van der Waals surface area (Å²) in [5, 5.41) is 5.86. The molecular formula is C23H20N2O3S. The van der Waals surface area contributed by atoms with E-state index in [1.165, 1.54) is 24.2 Å². The van der Waals surface area contributed by atoms with Crippen molar-refractivity contribution in [1.82, 2.24) is 9.72 Å². The zero-order valence-corrected chi connectivity index (χ0v) is 16.8. The molecule has 3 aromatic heterocycles. The molecule has 0 bridgehead atoms. The number of thiophene rings is 1. The summed E-state index contributed by atoms with van der Waals surface area (Å²) in [5.74, 6) is 1.11. The molecule has 1 fully saturated rings. The van der Waals surface area contributed by atoms with Crippen molar-refractivity contribution >= 4 is 32.8 Å². The minimum atomic E-state index is -0.168. The van der Waals surface area contributed by atoms with E-state index in [0.29, 0.717) is 29.3 Å². The first kappa shape index (κ1) is 17.9. The third-order valence-corrected chi connectivity index (χ3v) is 6.39. The molecule has 1 aliphatic carbocycles. The lowest BCUT2D eigenvalue weighted by atomic mass is 10.0. The third kappa shape index (κ3) is 3.09. The van der Waals surface area contributed by atoms with Crippen LogP contribution in [0, 0.1) is 5.92 Å². The Labute approximate surface area is 171 Å². The number of hydrogen-bond donors (Lipinski definition) is 1. The van der Waals surface area contributed by atoms with Gasteiger partial charge in [0.05, 0.1) is 28.5 Å². The molecule has 5 nitrogen and oxygen atoms in total. The molecule has 1 saturated carbocycles. The van der Waals surface area contributed by atoms with Crippen LogP contribution >= 0.6 is 11.3 Å². The number of fused-ring (bicyclic) bond motifs is 3. The fraction of sp³-hybridized carbons (Fsp3) is 0.217. The van der Waals surface area contributed by atoms with Crippen LogP contribution in [0.5, 0.6) is 5.75 Å². The summed E-state index contributed by atoms with van der Waals surface area (Å²) in [6.07, 6.45) is 4.02. The van der Waals surface area contributed by atoms with Crippen LogP contribution in [0.4, 0.5) is 0 Å². The number of carbonyl (C=O) groups excluding carboxylic acids is 1. The van der Waals surface area contributed by atoms with Crippen LogP contribution in [-0.4, -0.2) is 24.0 Å².